The predicted octanol–water partition coefficient (Wildman–Crippen LogP) is 1.87. The highest BCUT2D eigenvalue weighted by molar-refractivity contribution is 6.30. The molecule has 0 amide bonds. The van der Waals surface area contributed by atoms with Gasteiger partial charge >= 0.3 is 0 Å². The van der Waals surface area contributed by atoms with Gasteiger partial charge in [-0.2, -0.15) is 0 Å². The zero-order chi connectivity index (χ0) is 9.14. The second kappa shape index (κ2) is 3.74. The molecule has 1 rings (SSSR count). The second-order valence-electron chi connectivity index (χ2n) is 2.44. The van der Waals surface area contributed by atoms with Gasteiger partial charge in [0.25, 0.3) is 0 Å². The summed E-state index contributed by atoms with van der Waals surface area (Å²) in [6.45, 7) is -0.239. The summed E-state index contributed by atoms with van der Waals surface area (Å²) in [5, 5.41) is 9.17. The fourth-order valence-electron chi connectivity index (χ4n) is 0.855. The summed E-state index contributed by atoms with van der Waals surface area (Å²) in [5.41, 5.74) is 0.296. The summed E-state index contributed by atoms with van der Waals surface area (Å²) >= 11 is 5.64. The van der Waals surface area contributed by atoms with Gasteiger partial charge in [0.15, 0.2) is 0 Å². The van der Waals surface area contributed by atoms with E-state index >= 15 is 0 Å². The first-order valence-corrected chi connectivity index (χ1v) is 3.80. The highest BCUT2D eigenvalue weighted by Gasteiger charge is 2.06. The number of benzene rings is 1. The molecule has 66 valence electrons. The van der Waals surface area contributed by atoms with Crippen LogP contribution >= 0.6 is 11.6 Å². The van der Waals surface area contributed by atoms with Crippen molar-refractivity contribution in [3.05, 3.63) is 29.0 Å². The van der Waals surface area contributed by atoms with Gasteiger partial charge in [-0.3, -0.25) is 0 Å². The Morgan fingerprint density at radius 2 is 2.25 bits per heavy atom. The fourth-order valence-corrected chi connectivity index (χ4v) is 1.02. The number of anilines is 1. The lowest BCUT2D eigenvalue weighted by molar-refractivity contribution is 0.297. The summed E-state index contributed by atoms with van der Waals surface area (Å²) < 4.78 is 13.0. The van der Waals surface area contributed by atoms with E-state index in [2.05, 4.69) is 0 Å². The number of aliphatic hydroxyl groups is 1. The lowest BCUT2D eigenvalue weighted by atomic mass is 10.3. The average molecular weight is 190 g/mol. The molecule has 0 fully saturated rings. The highest BCUT2D eigenvalue weighted by Crippen LogP contribution is 2.21. The van der Waals surface area contributed by atoms with Crippen LogP contribution in [0.5, 0.6) is 0 Å². The van der Waals surface area contributed by atoms with Crippen LogP contribution in [0.3, 0.4) is 0 Å². The third kappa shape index (κ3) is 1.87. The smallest absolute Gasteiger partial charge is 0.146 e. The van der Waals surface area contributed by atoms with Crippen molar-refractivity contribution < 1.29 is 9.50 Å². The molecule has 4 heteroatoms. The molecule has 1 aromatic rings. The van der Waals surface area contributed by atoms with Crippen LogP contribution < -0.4 is 4.90 Å². The summed E-state index contributed by atoms with van der Waals surface area (Å²) in [4.78, 5) is 1.36. The second-order valence-corrected chi connectivity index (χ2v) is 2.87. The van der Waals surface area contributed by atoms with Crippen LogP contribution in [-0.2, 0) is 0 Å². The number of hydrogen-bond donors (Lipinski definition) is 1. The predicted molar refractivity (Wildman–Crippen MR) is 46.9 cm³/mol. The summed E-state index contributed by atoms with van der Waals surface area (Å²) in [7, 11) is 1.58. The monoisotopic (exact) mass is 189 g/mol. The standard InChI is InChI=1S/C8H9ClFNO/c1-11(5-12)8-4-6(9)2-3-7(8)10/h2-4,12H,5H2,1H3. The van der Waals surface area contributed by atoms with Crippen molar-refractivity contribution in [3.63, 3.8) is 0 Å². The van der Waals surface area contributed by atoms with Crippen molar-refractivity contribution in [2.24, 2.45) is 0 Å². The number of halogens is 2. The van der Waals surface area contributed by atoms with Crippen LogP contribution in [0.25, 0.3) is 0 Å². The number of rotatable bonds is 2. The maximum atomic E-state index is 13.0. The van der Waals surface area contributed by atoms with Crippen LogP contribution in [0.1, 0.15) is 0 Å². The van der Waals surface area contributed by atoms with E-state index in [1.165, 1.54) is 23.1 Å². The molecule has 0 saturated heterocycles. The molecular weight excluding hydrogens is 181 g/mol. The van der Waals surface area contributed by atoms with E-state index in [0.717, 1.165) is 0 Å². The van der Waals surface area contributed by atoms with E-state index < -0.39 is 5.82 Å². The van der Waals surface area contributed by atoms with Crippen molar-refractivity contribution in [1.29, 1.82) is 0 Å². The summed E-state index contributed by atoms with van der Waals surface area (Å²) in [6.07, 6.45) is 0. The molecule has 0 aliphatic rings. The first-order chi connectivity index (χ1) is 5.65. The minimum atomic E-state index is -0.393. The molecule has 12 heavy (non-hydrogen) atoms. The lowest BCUT2D eigenvalue weighted by Gasteiger charge is -2.16. The van der Waals surface area contributed by atoms with Gasteiger partial charge in [-0.05, 0) is 18.2 Å². The van der Waals surface area contributed by atoms with Crippen LogP contribution in [-0.4, -0.2) is 18.9 Å². The first-order valence-electron chi connectivity index (χ1n) is 3.42. The average Bonchev–Trinajstić information content (AvgIpc) is 2.08. The minimum Gasteiger partial charge on any atom is -0.376 e. The maximum absolute atomic E-state index is 13.0. The van der Waals surface area contributed by atoms with Crippen LogP contribution in [0.4, 0.5) is 10.1 Å². The SMILES string of the molecule is CN(CO)c1cc(Cl)ccc1F. The molecule has 0 saturated carbocycles. The third-order valence-corrected chi connectivity index (χ3v) is 1.77. The Labute approximate surface area is 75.2 Å². The van der Waals surface area contributed by atoms with Gasteiger partial charge < -0.3 is 10.0 Å². The summed E-state index contributed by atoms with van der Waals surface area (Å²) in [6, 6.07) is 4.20. The molecule has 0 atom stereocenters. The Balaban J connectivity index is 3.04. The Morgan fingerprint density at radius 1 is 1.58 bits per heavy atom. The minimum absolute atomic E-state index is 0.239. The zero-order valence-corrected chi connectivity index (χ0v) is 7.35. The van der Waals surface area contributed by atoms with E-state index in [9.17, 15) is 4.39 Å². The van der Waals surface area contributed by atoms with Crippen molar-refractivity contribution in [2.45, 2.75) is 0 Å². The molecule has 0 radical (unpaired) electrons. The van der Waals surface area contributed by atoms with Crippen LogP contribution in [0.2, 0.25) is 5.02 Å². The molecule has 1 N–H and O–H groups in total. The Kier molecular flexibility index (Phi) is 2.89. The number of hydrogen-bond acceptors (Lipinski definition) is 2. The highest BCUT2D eigenvalue weighted by atomic mass is 35.5. The zero-order valence-electron chi connectivity index (χ0n) is 6.59. The van der Waals surface area contributed by atoms with Gasteiger partial charge in [0.2, 0.25) is 0 Å². The molecule has 0 heterocycles. The lowest BCUT2D eigenvalue weighted by Crippen LogP contribution is -2.18. The van der Waals surface area contributed by atoms with Crippen LogP contribution in [0, 0.1) is 5.82 Å². The van der Waals surface area contributed by atoms with Crippen molar-refractivity contribution in [3.8, 4) is 0 Å². The molecule has 0 aromatic heterocycles. The Bertz CT molecular complexity index is 280. The van der Waals surface area contributed by atoms with E-state index in [1.54, 1.807) is 7.05 Å². The van der Waals surface area contributed by atoms with Gasteiger partial charge in [0.1, 0.15) is 12.5 Å². The van der Waals surface area contributed by atoms with E-state index in [-0.39, 0.29) is 6.73 Å². The van der Waals surface area contributed by atoms with E-state index in [0.29, 0.717) is 10.7 Å². The van der Waals surface area contributed by atoms with Gasteiger partial charge in [0, 0.05) is 12.1 Å². The van der Waals surface area contributed by atoms with Crippen molar-refractivity contribution in [2.75, 3.05) is 18.7 Å². The number of nitrogens with zero attached hydrogens (tertiary/aromatic N) is 1. The normalized spacial score (nSPS) is 10.0. The Hall–Kier alpha value is -0.800. The first kappa shape index (κ1) is 9.29. The fraction of sp³-hybridized carbons (Fsp3) is 0.250. The molecule has 2 nitrogen and oxygen atoms in total. The molecule has 0 aliphatic heterocycles. The molecule has 1 aromatic carbocycles. The molecule has 0 aliphatic carbocycles. The summed E-state index contributed by atoms with van der Waals surface area (Å²) in [5.74, 6) is -0.393. The molecule has 0 bridgehead atoms. The quantitative estimate of drug-likeness (QED) is 0.718. The largest absolute Gasteiger partial charge is 0.376 e. The van der Waals surface area contributed by atoms with Gasteiger partial charge in [-0.25, -0.2) is 4.39 Å². The van der Waals surface area contributed by atoms with E-state index in [1.807, 2.05) is 0 Å². The van der Waals surface area contributed by atoms with Crippen LogP contribution in [0.15, 0.2) is 18.2 Å². The van der Waals surface area contributed by atoms with Gasteiger partial charge in [-0.1, -0.05) is 11.6 Å². The van der Waals surface area contributed by atoms with Crippen molar-refractivity contribution in [1.82, 2.24) is 0 Å². The van der Waals surface area contributed by atoms with Gasteiger partial charge in [0.05, 0.1) is 5.69 Å². The Morgan fingerprint density at radius 3 is 2.83 bits per heavy atom. The van der Waals surface area contributed by atoms with E-state index in [4.69, 9.17) is 16.7 Å². The molecule has 0 spiro atoms. The molecule has 0 unspecified atom stereocenters. The number of aliphatic hydroxyl groups excluding tert-OH is 1. The maximum Gasteiger partial charge on any atom is 0.146 e. The van der Waals surface area contributed by atoms with Crippen molar-refractivity contribution >= 4 is 17.3 Å². The molecular formula is C8H9ClFNO. The third-order valence-electron chi connectivity index (χ3n) is 1.53. The topological polar surface area (TPSA) is 23.5 Å². The van der Waals surface area contributed by atoms with Gasteiger partial charge in [-0.15, -0.1) is 0 Å².